The minimum absolute atomic E-state index is 0.140. The third-order valence-corrected chi connectivity index (χ3v) is 7.48. The topological polar surface area (TPSA) is 69.7 Å². The van der Waals surface area contributed by atoms with Gasteiger partial charge in [0, 0.05) is 12.3 Å². The zero-order valence-electron chi connectivity index (χ0n) is 16.8. The van der Waals surface area contributed by atoms with Gasteiger partial charge in [0.15, 0.2) is 0 Å². The van der Waals surface area contributed by atoms with E-state index in [0.717, 1.165) is 6.42 Å². The molecule has 26 heavy (non-hydrogen) atoms. The molecular formula is C21H32O5. The van der Waals surface area contributed by atoms with Gasteiger partial charge in [-0.2, -0.15) is 0 Å². The van der Waals surface area contributed by atoms with Crippen LogP contribution in [0.25, 0.3) is 0 Å². The van der Waals surface area contributed by atoms with Gasteiger partial charge >= 0.3 is 11.9 Å². The Morgan fingerprint density at radius 1 is 1.27 bits per heavy atom. The molecule has 0 amide bonds. The average molecular weight is 364 g/mol. The number of hydrogen-bond donors (Lipinski definition) is 0. The van der Waals surface area contributed by atoms with E-state index in [0.29, 0.717) is 12.8 Å². The summed E-state index contributed by atoms with van der Waals surface area (Å²) >= 11 is 0. The van der Waals surface area contributed by atoms with E-state index in [1.165, 1.54) is 0 Å². The van der Waals surface area contributed by atoms with Crippen molar-refractivity contribution in [3.63, 3.8) is 0 Å². The molecule has 1 saturated heterocycles. The number of ketones is 1. The molecule has 0 bridgehead atoms. The summed E-state index contributed by atoms with van der Waals surface area (Å²) in [5.74, 6) is -0.558. The standard InChI is InChI=1S/C21H32O5/c1-7-10(2)19(23)26-18-16-13(5)20(24)25-14(16)8-11(3)17-12(4)9-15(22)21(17,18)6/h10-14,16-18H,7-9H2,1-6H3/t10?,11-,12+,13+,14-,16-,17?,18+,21-/m1/s1. The molecule has 0 aromatic carbocycles. The maximum absolute atomic E-state index is 13.1. The predicted molar refractivity (Wildman–Crippen MR) is 96.0 cm³/mol. The van der Waals surface area contributed by atoms with Crippen LogP contribution in [0.2, 0.25) is 0 Å². The van der Waals surface area contributed by atoms with Crippen LogP contribution in [-0.4, -0.2) is 29.9 Å². The first-order valence-electron chi connectivity index (χ1n) is 10.1. The molecule has 2 unspecified atom stereocenters. The van der Waals surface area contributed by atoms with Gasteiger partial charge in [-0.15, -0.1) is 0 Å². The summed E-state index contributed by atoms with van der Waals surface area (Å²) in [5.41, 5.74) is -0.746. The fraction of sp³-hybridized carbons (Fsp3) is 0.857. The third kappa shape index (κ3) is 2.69. The molecule has 0 N–H and O–H groups in total. The maximum atomic E-state index is 13.1. The van der Waals surface area contributed by atoms with Crippen molar-refractivity contribution in [3.8, 4) is 0 Å². The van der Waals surface area contributed by atoms with Crippen molar-refractivity contribution in [3.05, 3.63) is 0 Å². The van der Waals surface area contributed by atoms with Gasteiger partial charge in [0.25, 0.3) is 0 Å². The molecule has 0 aromatic heterocycles. The zero-order valence-corrected chi connectivity index (χ0v) is 16.8. The minimum Gasteiger partial charge on any atom is -0.462 e. The van der Waals surface area contributed by atoms with Gasteiger partial charge in [-0.05, 0) is 37.5 Å². The number of rotatable bonds is 3. The Bertz CT molecular complexity index is 614. The first-order chi connectivity index (χ1) is 12.1. The van der Waals surface area contributed by atoms with E-state index >= 15 is 0 Å². The summed E-state index contributed by atoms with van der Waals surface area (Å²) in [7, 11) is 0. The summed E-state index contributed by atoms with van der Waals surface area (Å²) in [6.45, 7) is 11.9. The van der Waals surface area contributed by atoms with Gasteiger partial charge in [0.05, 0.1) is 17.3 Å². The summed E-state index contributed by atoms with van der Waals surface area (Å²) < 4.78 is 11.7. The summed E-state index contributed by atoms with van der Waals surface area (Å²) in [6.07, 6.45) is 1.07. The molecule has 9 atom stereocenters. The highest BCUT2D eigenvalue weighted by Gasteiger charge is 2.65. The lowest BCUT2D eigenvalue weighted by Crippen LogP contribution is -2.50. The molecule has 5 nitrogen and oxygen atoms in total. The second kappa shape index (κ2) is 6.65. The Balaban J connectivity index is 2.07. The Labute approximate surface area is 156 Å². The van der Waals surface area contributed by atoms with Gasteiger partial charge in [-0.3, -0.25) is 14.4 Å². The second-order valence-electron chi connectivity index (χ2n) is 9.13. The van der Waals surface area contributed by atoms with Crippen molar-refractivity contribution >= 4 is 17.7 Å². The fourth-order valence-corrected chi connectivity index (χ4v) is 5.91. The highest BCUT2D eigenvalue weighted by atomic mass is 16.6. The molecule has 0 aromatic rings. The number of ether oxygens (including phenoxy) is 2. The van der Waals surface area contributed by atoms with Crippen LogP contribution in [0.4, 0.5) is 0 Å². The quantitative estimate of drug-likeness (QED) is 0.718. The third-order valence-electron chi connectivity index (χ3n) is 7.48. The van der Waals surface area contributed by atoms with Gasteiger partial charge < -0.3 is 9.47 Å². The van der Waals surface area contributed by atoms with Crippen LogP contribution in [0, 0.1) is 40.9 Å². The first-order valence-corrected chi connectivity index (χ1v) is 10.1. The Hall–Kier alpha value is -1.39. The average Bonchev–Trinajstić information content (AvgIpc) is 2.94. The molecule has 1 heterocycles. The number of carbonyl (C=O) groups excluding carboxylic acids is 3. The van der Waals surface area contributed by atoms with E-state index in [4.69, 9.17) is 9.47 Å². The normalized spacial score (nSPS) is 46.2. The van der Waals surface area contributed by atoms with Gasteiger partial charge in [0.2, 0.25) is 0 Å². The molecule has 3 aliphatic rings. The van der Waals surface area contributed by atoms with Crippen LogP contribution < -0.4 is 0 Å². The van der Waals surface area contributed by atoms with Crippen molar-refractivity contribution in [1.82, 2.24) is 0 Å². The number of carbonyl (C=O) groups is 3. The molecule has 3 rings (SSSR count). The highest BCUT2D eigenvalue weighted by Crippen LogP contribution is 2.58. The largest absolute Gasteiger partial charge is 0.462 e. The predicted octanol–water partition coefficient (Wildman–Crippen LogP) is 3.39. The van der Waals surface area contributed by atoms with Crippen molar-refractivity contribution in [2.75, 3.05) is 0 Å². The lowest BCUT2D eigenvalue weighted by molar-refractivity contribution is -0.172. The molecule has 2 saturated carbocycles. The van der Waals surface area contributed by atoms with Crippen LogP contribution in [-0.2, 0) is 23.9 Å². The molecule has 0 spiro atoms. The number of esters is 2. The SMILES string of the molecule is CCC(C)C(=O)O[C@H]1[C@@H]2[C@H](C)C(=O)O[C@@H]2C[C@@H](C)C2[C@@H](C)CC(=O)[C@]21C. The Kier molecular flexibility index (Phi) is 4.95. The van der Waals surface area contributed by atoms with Crippen LogP contribution >= 0.6 is 0 Å². The van der Waals surface area contributed by atoms with Crippen molar-refractivity contribution in [2.24, 2.45) is 40.9 Å². The van der Waals surface area contributed by atoms with E-state index in [9.17, 15) is 14.4 Å². The van der Waals surface area contributed by atoms with E-state index in [-0.39, 0.29) is 59.3 Å². The molecule has 2 aliphatic carbocycles. The summed E-state index contributed by atoms with van der Waals surface area (Å²) in [5, 5.41) is 0. The Morgan fingerprint density at radius 2 is 1.92 bits per heavy atom. The van der Waals surface area contributed by atoms with Gasteiger partial charge in [-0.25, -0.2) is 0 Å². The molecule has 0 radical (unpaired) electrons. The van der Waals surface area contributed by atoms with Crippen LogP contribution in [0.15, 0.2) is 0 Å². The van der Waals surface area contributed by atoms with Crippen LogP contribution in [0.5, 0.6) is 0 Å². The lowest BCUT2D eigenvalue weighted by atomic mass is 9.65. The number of Topliss-reactive ketones (excluding diaryl/α,β-unsaturated/α-hetero) is 1. The van der Waals surface area contributed by atoms with Crippen molar-refractivity contribution in [2.45, 2.75) is 73.0 Å². The van der Waals surface area contributed by atoms with E-state index in [2.05, 4.69) is 13.8 Å². The molecule has 146 valence electrons. The van der Waals surface area contributed by atoms with Crippen LogP contribution in [0.3, 0.4) is 0 Å². The summed E-state index contributed by atoms with van der Waals surface area (Å²) in [4.78, 5) is 38.1. The van der Waals surface area contributed by atoms with Crippen LogP contribution in [0.1, 0.15) is 60.8 Å². The molecule has 1 aliphatic heterocycles. The van der Waals surface area contributed by atoms with E-state index in [1.807, 2.05) is 27.7 Å². The lowest BCUT2D eigenvalue weighted by Gasteiger charge is -2.41. The Morgan fingerprint density at radius 3 is 2.54 bits per heavy atom. The fourth-order valence-electron chi connectivity index (χ4n) is 5.91. The number of hydrogen-bond acceptors (Lipinski definition) is 5. The minimum atomic E-state index is -0.746. The second-order valence-corrected chi connectivity index (χ2v) is 9.13. The van der Waals surface area contributed by atoms with E-state index < -0.39 is 11.5 Å². The van der Waals surface area contributed by atoms with Crippen molar-refractivity contribution < 1.29 is 23.9 Å². The zero-order chi connectivity index (χ0) is 19.4. The molecule has 3 fully saturated rings. The van der Waals surface area contributed by atoms with Crippen molar-refractivity contribution in [1.29, 1.82) is 0 Å². The smallest absolute Gasteiger partial charge is 0.309 e. The molecular weight excluding hydrogens is 332 g/mol. The number of fused-ring (bicyclic) bond motifs is 2. The monoisotopic (exact) mass is 364 g/mol. The molecule has 5 heteroatoms. The van der Waals surface area contributed by atoms with Gasteiger partial charge in [-0.1, -0.05) is 34.6 Å². The van der Waals surface area contributed by atoms with E-state index in [1.54, 1.807) is 0 Å². The van der Waals surface area contributed by atoms with Gasteiger partial charge in [0.1, 0.15) is 18.0 Å². The first kappa shape index (κ1) is 19.4. The highest BCUT2D eigenvalue weighted by molar-refractivity contribution is 5.89. The maximum Gasteiger partial charge on any atom is 0.309 e. The summed E-state index contributed by atoms with van der Waals surface area (Å²) in [6, 6.07) is 0.